The van der Waals surface area contributed by atoms with E-state index in [-0.39, 0.29) is 0 Å². The fourth-order valence-electron chi connectivity index (χ4n) is 9.48. The van der Waals surface area contributed by atoms with Gasteiger partial charge in [0.2, 0.25) is 5.95 Å². The monoisotopic (exact) mass is 711 g/mol. The van der Waals surface area contributed by atoms with Crippen LogP contribution in [0.25, 0.3) is 127 Å². The van der Waals surface area contributed by atoms with Crippen molar-refractivity contribution in [1.29, 1.82) is 0 Å². The Hall–Kier alpha value is -7.56. The number of aromatic nitrogens is 3. The standard InChI is InChI=1S/C52H29N3O/c1-2-12-31(13-3-1)51-50-34-14-5-4-11-30(34)21-24-43(50)53-52(54-51)55-44-25-22-32(33-23-26-47-40(27-33)37-17-8-9-20-46(37)56-47)28-42(44)49-39-19-10-18-38-35-15-6-7-16-36(35)41(48(38)39)29-45(49)55/h1-29H. The molecular formula is C52H29N3O. The number of hydrogen-bond donors (Lipinski definition) is 0. The van der Waals surface area contributed by atoms with Gasteiger partial charge in [0.25, 0.3) is 0 Å². The summed E-state index contributed by atoms with van der Waals surface area (Å²) in [5, 5.41) is 10.5. The quantitative estimate of drug-likeness (QED) is 0.171. The van der Waals surface area contributed by atoms with Crippen molar-refractivity contribution in [3.8, 4) is 50.6 Å². The molecule has 13 rings (SSSR count). The topological polar surface area (TPSA) is 43.9 Å². The first-order valence-electron chi connectivity index (χ1n) is 19.1. The second-order valence-corrected chi connectivity index (χ2v) is 14.9. The lowest BCUT2D eigenvalue weighted by Gasteiger charge is -2.14. The number of furan rings is 1. The first kappa shape index (κ1) is 29.8. The molecule has 9 aromatic carbocycles. The Morgan fingerprint density at radius 1 is 0.375 bits per heavy atom. The van der Waals surface area contributed by atoms with Crippen molar-refractivity contribution in [2.24, 2.45) is 0 Å². The molecule has 0 N–H and O–H groups in total. The summed E-state index contributed by atoms with van der Waals surface area (Å²) in [5.74, 6) is 0.652. The fraction of sp³-hybridized carbons (Fsp3) is 0. The lowest BCUT2D eigenvalue weighted by atomic mass is 9.96. The average Bonchev–Trinajstić information content (AvgIpc) is 3.91. The lowest BCUT2D eigenvalue weighted by molar-refractivity contribution is 0.669. The normalized spacial score (nSPS) is 12.3. The summed E-state index contributed by atoms with van der Waals surface area (Å²) in [6, 6.07) is 63.0. The van der Waals surface area contributed by atoms with Gasteiger partial charge in [-0.1, -0.05) is 133 Å². The zero-order valence-electron chi connectivity index (χ0n) is 30.0. The maximum absolute atomic E-state index is 6.21. The highest BCUT2D eigenvalue weighted by Crippen LogP contribution is 2.51. The summed E-state index contributed by atoms with van der Waals surface area (Å²) < 4.78 is 8.50. The van der Waals surface area contributed by atoms with Gasteiger partial charge in [-0.3, -0.25) is 4.57 Å². The summed E-state index contributed by atoms with van der Waals surface area (Å²) in [4.78, 5) is 11.0. The highest BCUT2D eigenvalue weighted by Gasteiger charge is 2.27. The second-order valence-electron chi connectivity index (χ2n) is 14.9. The van der Waals surface area contributed by atoms with Crippen molar-refractivity contribution in [1.82, 2.24) is 14.5 Å². The van der Waals surface area contributed by atoms with Crippen LogP contribution < -0.4 is 0 Å². The minimum atomic E-state index is 0.652. The summed E-state index contributed by atoms with van der Waals surface area (Å²) in [7, 11) is 0. The Labute approximate surface area is 320 Å². The summed E-state index contributed by atoms with van der Waals surface area (Å²) in [6.45, 7) is 0. The van der Waals surface area contributed by atoms with E-state index >= 15 is 0 Å². The van der Waals surface area contributed by atoms with Crippen LogP contribution in [0, 0.1) is 0 Å². The Morgan fingerprint density at radius 3 is 1.96 bits per heavy atom. The Bertz CT molecular complexity index is 3650. The molecule has 56 heavy (non-hydrogen) atoms. The molecule has 0 amide bonds. The van der Waals surface area contributed by atoms with Gasteiger partial charge in [-0.25, -0.2) is 9.97 Å². The summed E-state index contributed by atoms with van der Waals surface area (Å²) in [5.41, 5.74) is 14.2. The largest absolute Gasteiger partial charge is 0.456 e. The minimum absolute atomic E-state index is 0.652. The van der Waals surface area contributed by atoms with E-state index in [4.69, 9.17) is 14.4 Å². The van der Waals surface area contributed by atoms with Gasteiger partial charge >= 0.3 is 0 Å². The van der Waals surface area contributed by atoms with Gasteiger partial charge in [0.15, 0.2) is 0 Å². The molecule has 3 heterocycles. The smallest absolute Gasteiger partial charge is 0.235 e. The molecule has 1 aliphatic carbocycles. The zero-order valence-corrected chi connectivity index (χ0v) is 30.0. The van der Waals surface area contributed by atoms with Crippen LogP contribution in [0.15, 0.2) is 180 Å². The number of nitrogens with zero attached hydrogens (tertiary/aromatic N) is 3. The fourth-order valence-corrected chi connectivity index (χ4v) is 9.48. The van der Waals surface area contributed by atoms with Crippen LogP contribution in [0.3, 0.4) is 0 Å². The van der Waals surface area contributed by atoms with Crippen molar-refractivity contribution in [2.45, 2.75) is 0 Å². The Kier molecular flexibility index (Phi) is 5.86. The molecule has 258 valence electrons. The molecule has 0 unspecified atom stereocenters. The van der Waals surface area contributed by atoms with Crippen LogP contribution in [0.2, 0.25) is 0 Å². The zero-order chi connectivity index (χ0) is 36.5. The summed E-state index contributed by atoms with van der Waals surface area (Å²) in [6.07, 6.45) is 0. The van der Waals surface area contributed by atoms with Crippen LogP contribution in [-0.2, 0) is 0 Å². The molecule has 0 bridgehead atoms. The molecule has 4 nitrogen and oxygen atoms in total. The predicted molar refractivity (Wildman–Crippen MR) is 231 cm³/mol. The maximum atomic E-state index is 6.21. The van der Waals surface area contributed by atoms with Crippen molar-refractivity contribution in [3.63, 3.8) is 0 Å². The van der Waals surface area contributed by atoms with E-state index in [9.17, 15) is 0 Å². The highest BCUT2D eigenvalue weighted by atomic mass is 16.3. The third-order valence-corrected chi connectivity index (χ3v) is 11.9. The van der Waals surface area contributed by atoms with E-state index < -0.39 is 0 Å². The van der Waals surface area contributed by atoms with Gasteiger partial charge in [-0.15, -0.1) is 0 Å². The number of rotatable bonds is 3. The SMILES string of the molecule is c1ccc(-c2nc(-n3c4ccc(-c5ccc6oc7ccccc7c6c5)cc4c4c5cccc6c5c(cc43)-c3ccccc3-6)nc3ccc4ccccc4c23)cc1. The third kappa shape index (κ3) is 4.02. The molecule has 4 heteroatoms. The van der Waals surface area contributed by atoms with E-state index in [1.807, 2.05) is 12.1 Å². The van der Waals surface area contributed by atoms with Gasteiger partial charge in [-0.2, -0.15) is 0 Å². The molecule has 0 atom stereocenters. The average molecular weight is 712 g/mol. The molecule has 0 fully saturated rings. The van der Waals surface area contributed by atoms with Crippen LogP contribution in [0.5, 0.6) is 0 Å². The molecule has 0 saturated heterocycles. The molecule has 1 aliphatic rings. The molecule has 0 saturated carbocycles. The number of fused-ring (bicyclic) bond motifs is 13. The Morgan fingerprint density at radius 2 is 1.07 bits per heavy atom. The molecule has 0 radical (unpaired) electrons. The van der Waals surface area contributed by atoms with Gasteiger partial charge in [0.05, 0.1) is 22.2 Å². The van der Waals surface area contributed by atoms with Gasteiger partial charge in [0, 0.05) is 32.5 Å². The third-order valence-electron chi connectivity index (χ3n) is 11.9. The first-order chi connectivity index (χ1) is 27.8. The van der Waals surface area contributed by atoms with Crippen LogP contribution in [0.4, 0.5) is 0 Å². The molecule has 0 spiro atoms. The van der Waals surface area contributed by atoms with Gasteiger partial charge in [-0.05, 0) is 97.4 Å². The van der Waals surface area contributed by atoms with Crippen LogP contribution >= 0.6 is 0 Å². The van der Waals surface area contributed by atoms with Crippen LogP contribution in [0.1, 0.15) is 0 Å². The van der Waals surface area contributed by atoms with E-state index in [1.54, 1.807) is 0 Å². The number of hydrogen-bond acceptors (Lipinski definition) is 3. The molecule has 0 aliphatic heterocycles. The molecule has 3 aromatic heterocycles. The summed E-state index contributed by atoms with van der Waals surface area (Å²) >= 11 is 0. The number of benzene rings is 9. The van der Waals surface area contributed by atoms with Gasteiger partial charge in [0.1, 0.15) is 11.2 Å². The minimum Gasteiger partial charge on any atom is -0.456 e. The van der Waals surface area contributed by atoms with Crippen molar-refractivity contribution >= 4 is 76.2 Å². The molecular weight excluding hydrogens is 683 g/mol. The highest BCUT2D eigenvalue weighted by molar-refractivity contribution is 6.29. The predicted octanol–water partition coefficient (Wildman–Crippen LogP) is 13.9. The number of para-hydroxylation sites is 1. The first-order valence-corrected chi connectivity index (χ1v) is 19.1. The van der Waals surface area contributed by atoms with Crippen molar-refractivity contribution < 1.29 is 4.42 Å². The van der Waals surface area contributed by atoms with E-state index in [0.717, 1.165) is 77.0 Å². The lowest BCUT2D eigenvalue weighted by Crippen LogP contribution is -2.04. The van der Waals surface area contributed by atoms with Gasteiger partial charge < -0.3 is 4.42 Å². The van der Waals surface area contributed by atoms with Crippen LogP contribution in [-0.4, -0.2) is 14.5 Å². The maximum Gasteiger partial charge on any atom is 0.235 e. The molecule has 12 aromatic rings. The van der Waals surface area contributed by atoms with Crippen molar-refractivity contribution in [2.75, 3.05) is 0 Å². The Balaban J connectivity index is 1.15. The van der Waals surface area contributed by atoms with E-state index in [2.05, 4.69) is 168 Å². The second kappa shape index (κ2) is 11.0. The van der Waals surface area contributed by atoms with E-state index in [0.29, 0.717) is 5.95 Å². The van der Waals surface area contributed by atoms with Crippen molar-refractivity contribution in [3.05, 3.63) is 176 Å². The van der Waals surface area contributed by atoms with E-state index in [1.165, 1.54) is 43.8 Å².